The molecule has 1 aliphatic heterocycles. The predicted molar refractivity (Wildman–Crippen MR) is 213 cm³/mol. The van der Waals surface area contributed by atoms with Crippen LogP contribution in [-0.4, -0.2) is 6.04 Å². The molecular formula is C48H34N2O. The second-order valence-corrected chi connectivity index (χ2v) is 13.3. The van der Waals surface area contributed by atoms with E-state index >= 15 is 0 Å². The van der Waals surface area contributed by atoms with E-state index in [1.807, 2.05) is 12.1 Å². The van der Waals surface area contributed by atoms with Crippen molar-refractivity contribution in [2.75, 3.05) is 10.2 Å². The van der Waals surface area contributed by atoms with E-state index in [0.29, 0.717) is 5.92 Å². The maximum atomic E-state index is 6.40. The molecule has 0 saturated heterocycles. The maximum absolute atomic E-state index is 6.40. The molecule has 0 spiro atoms. The molecule has 3 heteroatoms. The molecule has 7 aromatic carbocycles. The maximum Gasteiger partial charge on any atom is 0.143 e. The first-order valence-corrected chi connectivity index (χ1v) is 17.6. The van der Waals surface area contributed by atoms with Crippen LogP contribution >= 0.6 is 0 Å². The summed E-state index contributed by atoms with van der Waals surface area (Å²) in [6, 6.07) is 58.6. The van der Waals surface area contributed by atoms with Crippen molar-refractivity contribution in [2.24, 2.45) is 0 Å². The van der Waals surface area contributed by atoms with Crippen molar-refractivity contribution in [1.82, 2.24) is 0 Å². The minimum Gasteiger partial charge on any atom is -0.455 e. The monoisotopic (exact) mass is 654 g/mol. The van der Waals surface area contributed by atoms with Gasteiger partial charge in [0.25, 0.3) is 0 Å². The first-order valence-electron chi connectivity index (χ1n) is 17.6. The van der Waals surface area contributed by atoms with Crippen molar-refractivity contribution < 1.29 is 4.42 Å². The minimum atomic E-state index is 0.267. The van der Waals surface area contributed by atoms with Gasteiger partial charge in [0.2, 0.25) is 0 Å². The van der Waals surface area contributed by atoms with E-state index in [-0.39, 0.29) is 6.04 Å². The smallest absolute Gasteiger partial charge is 0.143 e. The van der Waals surface area contributed by atoms with Crippen molar-refractivity contribution in [2.45, 2.75) is 12.0 Å². The highest BCUT2D eigenvalue weighted by Crippen LogP contribution is 2.49. The van der Waals surface area contributed by atoms with Crippen LogP contribution in [0.2, 0.25) is 0 Å². The van der Waals surface area contributed by atoms with Crippen LogP contribution in [0.4, 0.5) is 22.7 Å². The third kappa shape index (κ3) is 4.97. The van der Waals surface area contributed by atoms with Crippen LogP contribution in [0.15, 0.2) is 193 Å². The Morgan fingerprint density at radius 1 is 0.451 bits per heavy atom. The molecule has 8 aromatic rings. The van der Waals surface area contributed by atoms with Gasteiger partial charge in [-0.1, -0.05) is 146 Å². The molecule has 0 radical (unpaired) electrons. The number of nitrogens with one attached hydrogen (secondary N) is 1. The van der Waals surface area contributed by atoms with Gasteiger partial charge in [0.1, 0.15) is 11.2 Å². The Kier molecular flexibility index (Phi) is 6.95. The number of hydrogen-bond donors (Lipinski definition) is 1. The number of allylic oxidation sites excluding steroid dienone is 2. The summed E-state index contributed by atoms with van der Waals surface area (Å²) in [5, 5.41) is 5.91. The number of hydrogen-bond acceptors (Lipinski definition) is 3. The topological polar surface area (TPSA) is 28.4 Å². The molecular weight excluding hydrogens is 621 g/mol. The van der Waals surface area contributed by atoms with Crippen LogP contribution in [0.5, 0.6) is 0 Å². The lowest BCUT2D eigenvalue weighted by Crippen LogP contribution is -2.28. The van der Waals surface area contributed by atoms with Gasteiger partial charge in [-0.3, -0.25) is 0 Å². The highest BCUT2D eigenvalue weighted by atomic mass is 16.3. The number of rotatable bonds is 6. The molecule has 0 saturated carbocycles. The number of fused-ring (bicyclic) bond motifs is 6. The summed E-state index contributed by atoms with van der Waals surface area (Å²) in [6.07, 6.45) is 9.02. The van der Waals surface area contributed by atoms with E-state index in [4.69, 9.17) is 4.42 Å². The highest BCUT2D eigenvalue weighted by Gasteiger charge is 2.37. The van der Waals surface area contributed by atoms with Gasteiger partial charge >= 0.3 is 0 Å². The molecule has 10 rings (SSSR count). The van der Waals surface area contributed by atoms with Crippen molar-refractivity contribution >= 4 is 44.7 Å². The summed E-state index contributed by atoms with van der Waals surface area (Å²) < 4.78 is 6.40. The lowest BCUT2D eigenvalue weighted by Gasteiger charge is -2.30. The van der Waals surface area contributed by atoms with Gasteiger partial charge < -0.3 is 14.6 Å². The van der Waals surface area contributed by atoms with E-state index in [1.54, 1.807) is 0 Å². The number of nitrogens with zero attached hydrogens (tertiary/aromatic N) is 1. The third-order valence-electron chi connectivity index (χ3n) is 10.4. The Morgan fingerprint density at radius 3 is 1.84 bits per heavy atom. The van der Waals surface area contributed by atoms with Crippen molar-refractivity contribution in [3.63, 3.8) is 0 Å². The highest BCUT2D eigenvalue weighted by molar-refractivity contribution is 6.10. The standard InChI is InChI=1S/C48H34N2O/c1-2-14-38(42-18-11-19-43-41-17-6-10-23-47(41)51-48(42)43)36(12-1)32-24-28-34(29-25-32)49-35-30-26-33(27-31-35)37-13-3-7-20-44(37)50-45-21-8-4-15-39(45)40-16-5-9-22-46(40)50/h1-31,39,45,49H. The molecule has 1 aromatic heterocycles. The molecule has 2 atom stereocenters. The number of furan rings is 1. The van der Waals surface area contributed by atoms with Crippen LogP contribution in [0.3, 0.4) is 0 Å². The van der Waals surface area contributed by atoms with Crippen LogP contribution in [0.25, 0.3) is 55.3 Å². The third-order valence-corrected chi connectivity index (χ3v) is 10.4. The van der Waals surface area contributed by atoms with Crippen molar-refractivity contribution in [3.05, 3.63) is 194 Å². The second-order valence-electron chi connectivity index (χ2n) is 13.3. The fourth-order valence-electron chi connectivity index (χ4n) is 8.06. The van der Waals surface area contributed by atoms with Gasteiger partial charge in [0.05, 0.1) is 6.04 Å². The van der Waals surface area contributed by atoms with Gasteiger partial charge in [-0.2, -0.15) is 0 Å². The lowest BCUT2D eigenvalue weighted by molar-refractivity contribution is 0.670. The van der Waals surface area contributed by atoms with Gasteiger partial charge in [-0.15, -0.1) is 0 Å². The van der Waals surface area contributed by atoms with Gasteiger partial charge in [0, 0.05) is 50.6 Å². The molecule has 0 bridgehead atoms. The molecule has 1 aliphatic carbocycles. The van der Waals surface area contributed by atoms with Crippen molar-refractivity contribution in [1.29, 1.82) is 0 Å². The fourth-order valence-corrected chi connectivity index (χ4v) is 8.06. The quantitative estimate of drug-likeness (QED) is 0.193. The Balaban J connectivity index is 0.921. The minimum absolute atomic E-state index is 0.267. The summed E-state index contributed by atoms with van der Waals surface area (Å²) >= 11 is 0. The first-order chi connectivity index (χ1) is 25.3. The number of para-hydroxylation sites is 4. The van der Waals surface area contributed by atoms with Crippen LogP contribution < -0.4 is 10.2 Å². The summed E-state index contributed by atoms with van der Waals surface area (Å²) in [4.78, 5) is 2.51. The Bertz CT molecular complexity index is 2630. The summed E-state index contributed by atoms with van der Waals surface area (Å²) in [5.74, 6) is 0.358. The van der Waals surface area contributed by atoms with Crippen LogP contribution in [0, 0.1) is 0 Å². The molecule has 0 amide bonds. The average Bonchev–Trinajstić information content (AvgIpc) is 3.75. The number of benzene rings is 7. The van der Waals surface area contributed by atoms with E-state index in [9.17, 15) is 0 Å². The average molecular weight is 655 g/mol. The number of anilines is 4. The summed E-state index contributed by atoms with van der Waals surface area (Å²) in [6.45, 7) is 0. The summed E-state index contributed by atoms with van der Waals surface area (Å²) in [7, 11) is 0. The Hall–Kier alpha value is -6.58. The molecule has 242 valence electrons. The SMILES string of the molecule is C1=CC2c3ccccc3N(c3ccccc3-c3ccc(Nc4ccc(-c5ccccc5-c5cccc6c5oc5ccccc56)cc4)cc3)C2C=C1. The lowest BCUT2D eigenvalue weighted by atomic mass is 9.91. The molecule has 1 N–H and O–H groups in total. The zero-order valence-electron chi connectivity index (χ0n) is 27.9. The van der Waals surface area contributed by atoms with Crippen LogP contribution in [0.1, 0.15) is 11.5 Å². The van der Waals surface area contributed by atoms with E-state index in [0.717, 1.165) is 50.0 Å². The van der Waals surface area contributed by atoms with Gasteiger partial charge in [0.15, 0.2) is 0 Å². The van der Waals surface area contributed by atoms with E-state index in [1.165, 1.54) is 33.6 Å². The van der Waals surface area contributed by atoms with Gasteiger partial charge in [-0.05, 0) is 70.3 Å². The fraction of sp³-hybridized carbons (Fsp3) is 0.0417. The second kappa shape index (κ2) is 12.1. The molecule has 2 heterocycles. The molecule has 51 heavy (non-hydrogen) atoms. The molecule has 0 fully saturated rings. The Morgan fingerprint density at radius 2 is 1.04 bits per heavy atom. The molecule has 2 unspecified atom stereocenters. The Labute approximate surface area is 297 Å². The van der Waals surface area contributed by atoms with Gasteiger partial charge in [-0.25, -0.2) is 0 Å². The normalized spacial score (nSPS) is 16.0. The zero-order valence-corrected chi connectivity index (χ0v) is 27.9. The van der Waals surface area contributed by atoms with E-state index in [2.05, 4.69) is 186 Å². The molecule has 2 aliphatic rings. The largest absolute Gasteiger partial charge is 0.455 e. The predicted octanol–water partition coefficient (Wildman–Crippen LogP) is 13.1. The molecule has 3 nitrogen and oxygen atoms in total. The first kappa shape index (κ1) is 29.3. The van der Waals surface area contributed by atoms with Crippen molar-refractivity contribution in [3.8, 4) is 33.4 Å². The van der Waals surface area contributed by atoms with Crippen LogP contribution in [-0.2, 0) is 0 Å². The zero-order chi connectivity index (χ0) is 33.7. The summed E-state index contributed by atoms with van der Waals surface area (Å²) in [5.41, 5.74) is 14.8. The van der Waals surface area contributed by atoms with E-state index < -0.39 is 0 Å².